The van der Waals surface area contributed by atoms with E-state index in [0.29, 0.717) is 30.5 Å². The van der Waals surface area contributed by atoms with Crippen molar-refractivity contribution in [2.45, 2.75) is 38.4 Å². The van der Waals surface area contributed by atoms with Gasteiger partial charge in [-0.15, -0.1) is 0 Å². The van der Waals surface area contributed by atoms with Crippen LogP contribution in [0.15, 0.2) is 18.2 Å². The maximum absolute atomic E-state index is 14.2. The lowest BCUT2D eigenvalue weighted by Crippen LogP contribution is -2.53. The van der Waals surface area contributed by atoms with Gasteiger partial charge in [0.25, 0.3) is 0 Å². The van der Waals surface area contributed by atoms with Crippen LogP contribution >= 0.6 is 0 Å². The van der Waals surface area contributed by atoms with Gasteiger partial charge in [-0.05, 0) is 18.8 Å². The number of rotatable bonds is 3. The fourth-order valence-electron chi connectivity index (χ4n) is 3.48. The summed E-state index contributed by atoms with van der Waals surface area (Å²) in [7, 11) is 0. The fourth-order valence-corrected chi connectivity index (χ4v) is 3.48. The average Bonchev–Trinajstić information content (AvgIpc) is 2.49. The van der Waals surface area contributed by atoms with Crippen LogP contribution in [0.1, 0.15) is 30.4 Å². The number of likely N-dealkylation sites (tertiary alicyclic amines) is 1. The highest BCUT2D eigenvalue weighted by Gasteiger charge is 2.33. The lowest BCUT2D eigenvalue weighted by atomic mass is 9.85. The number of piperidine rings is 2. The largest absolute Gasteiger partial charge is 0.353 e. The van der Waals surface area contributed by atoms with Crippen LogP contribution < -0.4 is 11.1 Å². The van der Waals surface area contributed by atoms with E-state index in [9.17, 15) is 9.18 Å². The summed E-state index contributed by atoms with van der Waals surface area (Å²) in [4.78, 5) is 13.7. The Balaban J connectivity index is 1.66. The zero-order chi connectivity index (χ0) is 14.8. The van der Waals surface area contributed by atoms with Crippen LogP contribution in [0.4, 0.5) is 4.39 Å². The number of hydrogen-bond donors (Lipinski definition) is 2. The van der Waals surface area contributed by atoms with Gasteiger partial charge in [0.2, 0.25) is 5.91 Å². The first-order valence-electron chi connectivity index (χ1n) is 7.65. The van der Waals surface area contributed by atoms with Crippen molar-refractivity contribution in [3.8, 4) is 0 Å². The molecule has 2 heterocycles. The third kappa shape index (κ3) is 3.09. The van der Waals surface area contributed by atoms with Crippen molar-refractivity contribution in [1.29, 1.82) is 0 Å². The van der Waals surface area contributed by atoms with Gasteiger partial charge in [-0.25, -0.2) is 4.39 Å². The quantitative estimate of drug-likeness (QED) is 0.884. The molecule has 2 atom stereocenters. The molecule has 3 rings (SSSR count). The number of nitrogens with two attached hydrogens (primary N) is 1. The molecule has 2 unspecified atom stereocenters. The summed E-state index contributed by atoms with van der Waals surface area (Å²) in [6.07, 6.45) is 2.51. The Morgan fingerprint density at radius 2 is 2.14 bits per heavy atom. The molecular formula is C16H22FN3O. The second-order valence-corrected chi connectivity index (χ2v) is 6.09. The van der Waals surface area contributed by atoms with Crippen LogP contribution in [0.2, 0.25) is 0 Å². The zero-order valence-electron chi connectivity index (χ0n) is 12.1. The molecule has 21 heavy (non-hydrogen) atoms. The molecule has 0 spiro atoms. The minimum Gasteiger partial charge on any atom is -0.353 e. The number of carbonyl (C=O) groups excluding carboxylic acids is 1. The molecule has 4 nitrogen and oxygen atoms in total. The topological polar surface area (TPSA) is 58.4 Å². The first-order valence-corrected chi connectivity index (χ1v) is 7.65. The number of fused-ring (bicyclic) bond motifs is 1. The number of halogens is 1. The molecule has 0 bridgehead atoms. The van der Waals surface area contributed by atoms with Crippen LogP contribution in [-0.4, -0.2) is 29.9 Å². The van der Waals surface area contributed by atoms with Gasteiger partial charge in [0.15, 0.2) is 0 Å². The minimum atomic E-state index is -0.168. The smallest absolute Gasteiger partial charge is 0.220 e. The summed E-state index contributed by atoms with van der Waals surface area (Å²) in [6.45, 7) is 2.68. The first kappa shape index (κ1) is 14.5. The molecular weight excluding hydrogens is 269 g/mol. The van der Waals surface area contributed by atoms with Gasteiger partial charge in [0.1, 0.15) is 5.82 Å². The monoisotopic (exact) mass is 291 g/mol. The predicted molar refractivity (Wildman–Crippen MR) is 78.8 cm³/mol. The number of amides is 1. The highest BCUT2D eigenvalue weighted by molar-refractivity contribution is 5.77. The molecule has 5 heteroatoms. The van der Waals surface area contributed by atoms with E-state index in [1.54, 1.807) is 6.07 Å². The summed E-state index contributed by atoms with van der Waals surface area (Å²) < 4.78 is 14.2. The van der Waals surface area contributed by atoms with Crippen molar-refractivity contribution in [3.63, 3.8) is 0 Å². The van der Waals surface area contributed by atoms with E-state index >= 15 is 0 Å². The molecule has 2 aliphatic rings. The molecule has 0 radical (unpaired) electrons. The number of carbonyl (C=O) groups is 1. The van der Waals surface area contributed by atoms with Gasteiger partial charge < -0.3 is 11.1 Å². The van der Waals surface area contributed by atoms with Gasteiger partial charge in [0.05, 0.1) is 0 Å². The number of nitrogens with one attached hydrogen (secondary N) is 1. The third-order valence-electron chi connectivity index (χ3n) is 4.68. The van der Waals surface area contributed by atoms with E-state index in [1.165, 1.54) is 0 Å². The molecule has 2 fully saturated rings. The Bertz CT molecular complexity index is 534. The van der Waals surface area contributed by atoms with Gasteiger partial charge in [-0.3, -0.25) is 9.69 Å². The van der Waals surface area contributed by atoms with E-state index in [4.69, 9.17) is 5.73 Å². The van der Waals surface area contributed by atoms with Crippen molar-refractivity contribution >= 4 is 5.91 Å². The van der Waals surface area contributed by atoms with E-state index < -0.39 is 0 Å². The average molecular weight is 291 g/mol. The number of nitrogens with zero attached hydrogens (tertiary/aromatic N) is 1. The van der Waals surface area contributed by atoms with Crippen molar-refractivity contribution in [2.75, 3.05) is 13.1 Å². The Kier molecular flexibility index (Phi) is 4.22. The standard InChI is InChI=1S/C16H22FN3O/c17-16-11(8-18)2-1-3-13(16)10-20-7-6-14-12(9-20)4-5-15(21)19-14/h1-3,12,14H,4-10,18H2,(H,19,21). The van der Waals surface area contributed by atoms with Crippen LogP contribution in [0.25, 0.3) is 0 Å². The van der Waals surface area contributed by atoms with E-state index in [0.717, 1.165) is 31.5 Å². The van der Waals surface area contributed by atoms with Gasteiger partial charge >= 0.3 is 0 Å². The predicted octanol–water partition coefficient (Wildman–Crippen LogP) is 1.38. The molecule has 1 amide bonds. The van der Waals surface area contributed by atoms with Crippen LogP contribution in [0, 0.1) is 11.7 Å². The Labute approximate surface area is 124 Å². The molecule has 1 aromatic carbocycles. The summed E-state index contributed by atoms with van der Waals surface area (Å²) in [5.41, 5.74) is 6.85. The molecule has 0 aliphatic carbocycles. The van der Waals surface area contributed by atoms with Crippen molar-refractivity contribution < 1.29 is 9.18 Å². The van der Waals surface area contributed by atoms with Crippen molar-refractivity contribution in [1.82, 2.24) is 10.2 Å². The number of hydrogen-bond acceptors (Lipinski definition) is 3. The van der Waals surface area contributed by atoms with Crippen molar-refractivity contribution in [2.24, 2.45) is 11.7 Å². The number of benzene rings is 1. The third-order valence-corrected chi connectivity index (χ3v) is 4.68. The highest BCUT2D eigenvalue weighted by Crippen LogP contribution is 2.26. The molecule has 0 aromatic heterocycles. The maximum Gasteiger partial charge on any atom is 0.220 e. The minimum absolute atomic E-state index is 0.168. The SMILES string of the molecule is NCc1cccc(CN2CCC3NC(=O)CCC3C2)c1F. The Morgan fingerprint density at radius 1 is 1.33 bits per heavy atom. The molecule has 2 saturated heterocycles. The van der Waals surface area contributed by atoms with E-state index in [2.05, 4.69) is 10.2 Å². The van der Waals surface area contributed by atoms with Crippen LogP contribution in [0.5, 0.6) is 0 Å². The van der Waals surface area contributed by atoms with Gasteiger partial charge in [0, 0.05) is 49.8 Å². The Hall–Kier alpha value is -1.46. The molecule has 1 aromatic rings. The molecule has 0 saturated carbocycles. The molecule has 2 aliphatic heterocycles. The van der Waals surface area contributed by atoms with Crippen LogP contribution in [-0.2, 0) is 17.9 Å². The molecule has 114 valence electrons. The summed E-state index contributed by atoms with van der Waals surface area (Å²) >= 11 is 0. The van der Waals surface area contributed by atoms with E-state index in [1.807, 2.05) is 12.1 Å². The van der Waals surface area contributed by atoms with Crippen LogP contribution in [0.3, 0.4) is 0 Å². The van der Waals surface area contributed by atoms with Gasteiger partial charge in [-0.1, -0.05) is 18.2 Å². The lowest BCUT2D eigenvalue weighted by molar-refractivity contribution is -0.125. The van der Waals surface area contributed by atoms with E-state index in [-0.39, 0.29) is 18.3 Å². The lowest BCUT2D eigenvalue weighted by Gasteiger charge is -2.41. The normalized spacial score (nSPS) is 26.3. The Morgan fingerprint density at radius 3 is 2.95 bits per heavy atom. The van der Waals surface area contributed by atoms with Gasteiger partial charge in [-0.2, -0.15) is 0 Å². The zero-order valence-corrected chi connectivity index (χ0v) is 12.1. The first-order chi connectivity index (χ1) is 10.2. The summed E-state index contributed by atoms with van der Waals surface area (Å²) in [5, 5.41) is 3.08. The second kappa shape index (κ2) is 6.12. The highest BCUT2D eigenvalue weighted by atomic mass is 19.1. The maximum atomic E-state index is 14.2. The second-order valence-electron chi connectivity index (χ2n) is 6.09. The van der Waals surface area contributed by atoms with Crippen molar-refractivity contribution in [3.05, 3.63) is 35.1 Å². The fraction of sp³-hybridized carbons (Fsp3) is 0.562. The molecule has 3 N–H and O–H groups in total. The summed E-state index contributed by atoms with van der Waals surface area (Å²) in [5.74, 6) is 0.502. The summed E-state index contributed by atoms with van der Waals surface area (Å²) in [6, 6.07) is 5.75.